The number of aliphatic hydroxyl groups excluding tert-OH is 3. The minimum absolute atomic E-state index is 0.128. The number of furan rings is 1. The van der Waals surface area contributed by atoms with Gasteiger partial charge in [-0.1, -0.05) is 0 Å². The molecule has 4 rings (SSSR count). The van der Waals surface area contributed by atoms with E-state index in [9.17, 15) is 15.3 Å². The van der Waals surface area contributed by atoms with Gasteiger partial charge in [0.2, 0.25) is 5.95 Å². The molecule has 1 aliphatic rings. The third-order valence-corrected chi connectivity index (χ3v) is 4.18. The summed E-state index contributed by atoms with van der Waals surface area (Å²) in [7, 11) is 0. The van der Waals surface area contributed by atoms with Gasteiger partial charge in [-0.15, -0.1) is 0 Å². The number of rotatable bonds is 5. The number of nitrogens with zero attached hydrogens (tertiary/aromatic N) is 5. The predicted octanol–water partition coefficient (Wildman–Crippen LogP) is -0.941. The van der Waals surface area contributed by atoms with Crippen LogP contribution in [0.2, 0.25) is 0 Å². The van der Waals surface area contributed by atoms with E-state index < -0.39 is 31.1 Å². The third kappa shape index (κ3) is 3.00. The maximum atomic E-state index is 10.4. The second-order valence-corrected chi connectivity index (χ2v) is 5.85. The SMILES string of the molecule is Nc1ncnc2c1nc(N/N=C\c1ccco1)n2[C@H]1O[C@@H](CO)[C@@H](O)[C@H]1O. The summed E-state index contributed by atoms with van der Waals surface area (Å²) in [5.74, 6) is 0.788. The number of hydrazone groups is 1. The van der Waals surface area contributed by atoms with Gasteiger partial charge in [-0.05, 0) is 12.1 Å². The topological polar surface area (TPSA) is 177 Å². The standard InChI is InChI=1S/C15H17N7O5/c16-12-9-13(18-6-17-12)22(14-11(25)10(24)8(5-23)27-14)15(20-9)21-19-4-7-2-1-3-26-7/h1-4,6,8,10-11,14,23-25H,5H2,(H,20,21)(H2,16,17,18)/b19-4-/t8-,10+,11+,14-/m0/s1. The molecule has 6 N–H and O–H groups in total. The van der Waals surface area contributed by atoms with Gasteiger partial charge < -0.3 is 30.2 Å². The second kappa shape index (κ2) is 6.92. The normalized spacial score (nSPS) is 25.6. The zero-order valence-corrected chi connectivity index (χ0v) is 13.9. The van der Waals surface area contributed by atoms with Crippen LogP contribution in [-0.2, 0) is 4.74 Å². The molecule has 12 nitrogen and oxygen atoms in total. The molecule has 0 amide bonds. The lowest BCUT2D eigenvalue weighted by molar-refractivity contribution is -0.0501. The van der Waals surface area contributed by atoms with E-state index in [2.05, 4.69) is 25.5 Å². The Balaban J connectivity index is 1.74. The van der Waals surface area contributed by atoms with E-state index >= 15 is 0 Å². The van der Waals surface area contributed by atoms with Gasteiger partial charge in [0.1, 0.15) is 30.4 Å². The molecule has 142 valence electrons. The number of fused-ring (bicyclic) bond motifs is 1. The first-order valence-corrected chi connectivity index (χ1v) is 8.03. The molecule has 0 radical (unpaired) electrons. The number of nitrogens with two attached hydrogens (primary N) is 1. The maximum Gasteiger partial charge on any atom is 0.228 e. The molecule has 1 aliphatic heterocycles. The summed E-state index contributed by atoms with van der Waals surface area (Å²) in [6.07, 6.45) is -0.463. The van der Waals surface area contributed by atoms with Gasteiger partial charge in [-0.25, -0.2) is 20.4 Å². The molecule has 12 heteroatoms. The number of anilines is 2. The van der Waals surface area contributed by atoms with E-state index in [4.69, 9.17) is 14.9 Å². The van der Waals surface area contributed by atoms with Crippen molar-refractivity contribution in [2.45, 2.75) is 24.5 Å². The molecule has 0 aliphatic carbocycles. The number of nitrogen functional groups attached to an aromatic ring is 1. The number of aromatic nitrogens is 4. The fourth-order valence-corrected chi connectivity index (χ4v) is 2.86. The molecule has 0 unspecified atom stereocenters. The average molecular weight is 375 g/mol. The number of aliphatic hydroxyl groups is 3. The van der Waals surface area contributed by atoms with Crippen LogP contribution in [0.5, 0.6) is 0 Å². The van der Waals surface area contributed by atoms with E-state index in [1.807, 2.05) is 0 Å². The lowest BCUT2D eigenvalue weighted by Crippen LogP contribution is -2.33. The molecule has 0 bridgehead atoms. The molecule has 1 saturated heterocycles. The fourth-order valence-electron chi connectivity index (χ4n) is 2.86. The first-order chi connectivity index (χ1) is 13.1. The molecular weight excluding hydrogens is 358 g/mol. The smallest absolute Gasteiger partial charge is 0.228 e. The lowest BCUT2D eigenvalue weighted by atomic mass is 10.1. The van der Waals surface area contributed by atoms with Crippen molar-refractivity contribution in [1.82, 2.24) is 19.5 Å². The summed E-state index contributed by atoms with van der Waals surface area (Å²) >= 11 is 0. The predicted molar refractivity (Wildman–Crippen MR) is 92.7 cm³/mol. The van der Waals surface area contributed by atoms with Crippen LogP contribution < -0.4 is 11.2 Å². The summed E-state index contributed by atoms with van der Waals surface area (Å²) in [5.41, 5.74) is 9.11. The van der Waals surface area contributed by atoms with Gasteiger partial charge in [0, 0.05) is 0 Å². The number of hydrogen-bond donors (Lipinski definition) is 5. The van der Waals surface area contributed by atoms with Crippen LogP contribution in [0.1, 0.15) is 12.0 Å². The summed E-state index contributed by atoms with van der Waals surface area (Å²) in [4.78, 5) is 12.3. The van der Waals surface area contributed by atoms with E-state index in [0.29, 0.717) is 5.76 Å². The monoisotopic (exact) mass is 375 g/mol. The highest BCUT2D eigenvalue weighted by molar-refractivity contribution is 5.84. The van der Waals surface area contributed by atoms with Crippen molar-refractivity contribution in [2.24, 2.45) is 5.10 Å². The minimum Gasteiger partial charge on any atom is -0.463 e. The summed E-state index contributed by atoms with van der Waals surface area (Å²) in [6, 6.07) is 3.43. The Hall–Kier alpha value is -3.06. The van der Waals surface area contributed by atoms with Crippen LogP contribution in [0, 0.1) is 0 Å². The Morgan fingerprint density at radius 3 is 2.89 bits per heavy atom. The molecular formula is C15H17N7O5. The first-order valence-electron chi connectivity index (χ1n) is 8.03. The van der Waals surface area contributed by atoms with Gasteiger partial charge in [-0.3, -0.25) is 4.57 Å². The van der Waals surface area contributed by atoms with Crippen molar-refractivity contribution >= 4 is 29.1 Å². The highest BCUT2D eigenvalue weighted by atomic mass is 16.6. The molecule has 27 heavy (non-hydrogen) atoms. The minimum atomic E-state index is -1.33. The first kappa shape index (κ1) is 17.4. The molecule has 0 spiro atoms. The maximum absolute atomic E-state index is 10.4. The largest absolute Gasteiger partial charge is 0.463 e. The lowest BCUT2D eigenvalue weighted by Gasteiger charge is -2.18. The Morgan fingerprint density at radius 1 is 1.33 bits per heavy atom. The van der Waals surface area contributed by atoms with Crippen molar-refractivity contribution in [1.29, 1.82) is 0 Å². The van der Waals surface area contributed by atoms with Gasteiger partial charge >= 0.3 is 0 Å². The molecule has 3 aromatic rings. The highest BCUT2D eigenvalue weighted by Crippen LogP contribution is 2.35. The highest BCUT2D eigenvalue weighted by Gasteiger charge is 2.45. The van der Waals surface area contributed by atoms with E-state index in [1.165, 1.54) is 23.4 Å². The number of hydrogen-bond acceptors (Lipinski definition) is 11. The molecule has 4 atom stereocenters. The van der Waals surface area contributed by atoms with Crippen molar-refractivity contribution < 1.29 is 24.5 Å². The van der Waals surface area contributed by atoms with Crippen LogP contribution in [0.4, 0.5) is 11.8 Å². The molecule has 0 aromatic carbocycles. The van der Waals surface area contributed by atoms with Gasteiger partial charge in [-0.2, -0.15) is 5.10 Å². The van der Waals surface area contributed by atoms with Crippen LogP contribution >= 0.6 is 0 Å². The third-order valence-electron chi connectivity index (χ3n) is 4.18. The Labute approximate surface area is 151 Å². The average Bonchev–Trinajstić information content (AvgIpc) is 3.36. The van der Waals surface area contributed by atoms with Crippen LogP contribution in [0.3, 0.4) is 0 Å². The van der Waals surface area contributed by atoms with Crippen molar-refractivity contribution in [2.75, 3.05) is 17.8 Å². The van der Waals surface area contributed by atoms with Gasteiger partial charge in [0.05, 0.1) is 19.1 Å². The van der Waals surface area contributed by atoms with Crippen molar-refractivity contribution in [3.8, 4) is 0 Å². The second-order valence-electron chi connectivity index (χ2n) is 5.85. The van der Waals surface area contributed by atoms with E-state index in [-0.39, 0.29) is 22.9 Å². The van der Waals surface area contributed by atoms with Gasteiger partial charge in [0.15, 0.2) is 23.2 Å². The van der Waals surface area contributed by atoms with Crippen molar-refractivity contribution in [3.05, 3.63) is 30.5 Å². The summed E-state index contributed by atoms with van der Waals surface area (Å²) in [5, 5.41) is 33.8. The molecule has 4 heterocycles. The Bertz CT molecular complexity index is 957. The van der Waals surface area contributed by atoms with Gasteiger partial charge in [0.25, 0.3) is 0 Å². The van der Waals surface area contributed by atoms with Crippen molar-refractivity contribution in [3.63, 3.8) is 0 Å². The Kier molecular flexibility index (Phi) is 4.45. The fraction of sp³-hybridized carbons (Fsp3) is 0.333. The number of ether oxygens (including phenoxy) is 1. The zero-order chi connectivity index (χ0) is 19.0. The van der Waals surface area contributed by atoms with Crippen LogP contribution in [0.25, 0.3) is 11.2 Å². The zero-order valence-electron chi connectivity index (χ0n) is 13.9. The van der Waals surface area contributed by atoms with Crippen LogP contribution in [-0.4, -0.2) is 66.0 Å². The number of imidazole rings is 1. The van der Waals surface area contributed by atoms with E-state index in [1.54, 1.807) is 12.1 Å². The van der Waals surface area contributed by atoms with E-state index in [0.717, 1.165) is 0 Å². The number of nitrogens with one attached hydrogen (secondary N) is 1. The molecule has 1 fully saturated rings. The molecule has 0 saturated carbocycles. The van der Waals surface area contributed by atoms with Crippen LogP contribution in [0.15, 0.2) is 34.2 Å². The molecule has 3 aromatic heterocycles. The quantitative estimate of drug-likeness (QED) is 0.276. The Morgan fingerprint density at radius 2 is 2.19 bits per heavy atom. The summed E-state index contributed by atoms with van der Waals surface area (Å²) < 4.78 is 12.1. The summed E-state index contributed by atoms with van der Waals surface area (Å²) in [6.45, 7) is -0.460.